The van der Waals surface area contributed by atoms with Gasteiger partial charge >= 0.3 is 0 Å². The fraction of sp³-hybridized carbons (Fsp3) is 0.250. The average Bonchev–Trinajstić information content (AvgIpc) is 2.38. The van der Waals surface area contributed by atoms with Crippen molar-refractivity contribution in [2.75, 3.05) is 7.05 Å². The molecule has 2 nitrogen and oxygen atoms in total. The summed E-state index contributed by atoms with van der Waals surface area (Å²) >= 11 is 0. The molecule has 2 aromatic rings. The van der Waals surface area contributed by atoms with Gasteiger partial charge in [0.2, 0.25) is 0 Å². The summed E-state index contributed by atoms with van der Waals surface area (Å²) in [6.07, 6.45) is 0. The van der Waals surface area contributed by atoms with Crippen molar-refractivity contribution in [2.45, 2.75) is 20.1 Å². The predicted molar refractivity (Wildman–Crippen MR) is 74.7 cm³/mol. The van der Waals surface area contributed by atoms with Gasteiger partial charge in [-0.2, -0.15) is 0 Å². The minimum absolute atomic E-state index is 0.236. The molecule has 19 heavy (non-hydrogen) atoms. The molecular formula is C16H18FNO. The van der Waals surface area contributed by atoms with Gasteiger partial charge in [0.15, 0.2) is 0 Å². The molecule has 100 valence electrons. The Morgan fingerprint density at radius 1 is 1.16 bits per heavy atom. The number of ether oxygens (including phenoxy) is 1. The number of aryl methyl sites for hydroxylation is 1. The molecule has 0 aliphatic rings. The number of nitrogens with one attached hydrogen (secondary N) is 1. The Morgan fingerprint density at radius 3 is 2.74 bits per heavy atom. The van der Waals surface area contributed by atoms with E-state index in [1.807, 2.05) is 25.2 Å². The molecule has 1 N–H and O–H groups in total. The maximum Gasteiger partial charge on any atom is 0.124 e. The minimum atomic E-state index is -0.236. The highest BCUT2D eigenvalue weighted by molar-refractivity contribution is 5.37. The van der Waals surface area contributed by atoms with Crippen LogP contribution in [0.5, 0.6) is 5.75 Å². The van der Waals surface area contributed by atoms with Gasteiger partial charge in [-0.3, -0.25) is 0 Å². The molecule has 2 aromatic carbocycles. The Balaban J connectivity index is 2.10. The van der Waals surface area contributed by atoms with Crippen LogP contribution in [-0.4, -0.2) is 7.05 Å². The first-order valence-electron chi connectivity index (χ1n) is 6.30. The van der Waals surface area contributed by atoms with Gasteiger partial charge in [-0.1, -0.05) is 29.8 Å². The van der Waals surface area contributed by atoms with Gasteiger partial charge < -0.3 is 10.1 Å². The molecule has 0 aliphatic carbocycles. The van der Waals surface area contributed by atoms with Crippen molar-refractivity contribution in [3.05, 3.63) is 65.0 Å². The van der Waals surface area contributed by atoms with E-state index >= 15 is 0 Å². The highest BCUT2D eigenvalue weighted by Crippen LogP contribution is 2.21. The van der Waals surface area contributed by atoms with E-state index < -0.39 is 0 Å². The van der Waals surface area contributed by atoms with Crippen LogP contribution in [0.3, 0.4) is 0 Å². The van der Waals surface area contributed by atoms with Crippen LogP contribution in [0.2, 0.25) is 0 Å². The van der Waals surface area contributed by atoms with Gasteiger partial charge in [0, 0.05) is 12.1 Å². The molecule has 2 rings (SSSR count). The van der Waals surface area contributed by atoms with E-state index in [4.69, 9.17) is 4.74 Å². The van der Waals surface area contributed by atoms with E-state index in [0.29, 0.717) is 6.61 Å². The Bertz CT molecular complexity index is 554. The van der Waals surface area contributed by atoms with Gasteiger partial charge in [0.1, 0.15) is 18.2 Å². The highest BCUT2D eigenvalue weighted by atomic mass is 19.1. The van der Waals surface area contributed by atoms with Crippen LogP contribution in [0.4, 0.5) is 4.39 Å². The smallest absolute Gasteiger partial charge is 0.124 e. The lowest BCUT2D eigenvalue weighted by Gasteiger charge is -2.12. The zero-order chi connectivity index (χ0) is 13.7. The van der Waals surface area contributed by atoms with Crippen molar-refractivity contribution in [3.8, 4) is 5.75 Å². The molecule has 0 spiro atoms. The van der Waals surface area contributed by atoms with Gasteiger partial charge in [-0.15, -0.1) is 0 Å². The van der Waals surface area contributed by atoms with Crippen LogP contribution in [0.25, 0.3) is 0 Å². The monoisotopic (exact) mass is 259 g/mol. The van der Waals surface area contributed by atoms with Gasteiger partial charge in [-0.05, 0) is 37.7 Å². The maximum absolute atomic E-state index is 13.1. The zero-order valence-electron chi connectivity index (χ0n) is 11.2. The van der Waals surface area contributed by atoms with Crippen LogP contribution in [0.1, 0.15) is 16.7 Å². The van der Waals surface area contributed by atoms with E-state index in [1.54, 1.807) is 6.07 Å². The molecule has 3 heteroatoms. The van der Waals surface area contributed by atoms with Crippen LogP contribution in [0, 0.1) is 12.7 Å². The molecule has 0 radical (unpaired) electrons. The molecule has 0 unspecified atom stereocenters. The minimum Gasteiger partial charge on any atom is -0.489 e. The first-order valence-corrected chi connectivity index (χ1v) is 6.30. The number of benzene rings is 2. The zero-order valence-corrected chi connectivity index (χ0v) is 11.2. The van der Waals surface area contributed by atoms with Crippen molar-refractivity contribution in [3.63, 3.8) is 0 Å². The summed E-state index contributed by atoms with van der Waals surface area (Å²) in [5.41, 5.74) is 3.14. The number of hydrogen-bond donors (Lipinski definition) is 1. The van der Waals surface area contributed by atoms with E-state index in [1.165, 1.54) is 17.7 Å². The number of hydrogen-bond acceptors (Lipinski definition) is 2. The predicted octanol–water partition coefficient (Wildman–Crippen LogP) is 3.43. The lowest BCUT2D eigenvalue weighted by molar-refractivity contribution is 0.301. The summed E-state index contributed by atoms with van der Waals surface area (Å²) in [6, 6.07) is 12.5. The van der Waals surface area contributed by atoms with E-state index in [2.05, 4.69) is 18.3 Å². The lowest BCUT2D eigenvalue weighted by Crippen LogP contribution is -2.08. The fourth-order valence-electron chi connectivity index (χ4n) is 1.97. The van der Waals surface area contributed by atoms with Crippen molar-refractivity contribution < 1.29 is 9.13 Å². The molecule has 0 aliphatic heterocycles. The van der Waals surface area contributed by atoms with E-state index in [9.17, 15) is 4.39 Å². The first kappa shape index (κ1) is 13.6. The molecular weight excluding hydrogens is 241 g/mol. The molecule has 0 amide bonds. The average molecular weight is 259 g/mol. The third-order valence-corrected chi connectivity index (χ3v) is 2.87. The largest absolute Gasteiger partial charge is 0.489 e. The third kappa shape index (κ3) is 3.80. The van der Waals surface area contributed by atoms with Crippen molar-refractivity contribution in [1.82, 2.24) is 5.32 Å². The van der Waals surface area contributed by atoms with Crippen LogP contribution in [0.15, 0.2) is 42.5 Å². The Labute approximate surface area is 113 Å². The summed E-state index contributed by atoms with van der Waals surface area (Å²) in [4.78, 5) is 0. The van der Waals surface area contributed by atoms with E-state index in [0.717, 1.165) is 23.4 Å². The third-order valence-electron chi connectivity index (χ3n) is 2.87. The topological polar surface area (TPSA) is 21.3 Å². The lowest BCUT2D eigenvalue weighted by atomic mass is 10.1. The molecule has 0 saturated carbocycles. The number of rotatable bonds is 5. The molecule has 0 atom stereocenters. The van der Waals surface area contributed by atoms with Crippen LogP contribution >= 0.6 is 0 Å². The second-order valence-corrected chi connectivity index (χ2v) is 4.56. The molecule has 0 heterocycles. The van der Waals surface area contributed by atoms with E-state index in [-0.39, 0.29) is 5.82 Å². The normalized spacial score (nSPS) is 10.5. The van der Waals surface area contributed by atoms with Gasteiger partial charge in [0.25, 0.3) is 0 Å². The summed E-state index contributed by atoms with van der Waals surface area (Å²) in [5, 5.41) is 3.12. The van der Waals surface area contributed by atoms with Gasteiger partial charge in [0.05, 0.1) is 0 Å². The second-order valence-electron chi connectivity index (χ2n) is 4.56. The molecule has 0 aromatic heterocycles. The standard InChI is InChI=1S/C16H18FNO/c1-12-6-7-16(14(8-12)10-18-2)19-11-13-4-3-5-15(17)9-13/h3-9,18H,10-11H2,1-2H3. The summed E-state index contributed by atoms with van der Waals surface area (Å²) in [6.45, 7) is 3.17. The second kappa shape index (κ2) is 6.34. The Morgan fingerprint density at radius 2 is 2.00 bits per heavy atom. The van der Waals surface area contributed by atoms with Gasteiger partial charge in [-0.25, -0.2) is 4.39 Å². The van der Waals surface area contributed by atoms with Crippen LogP contribution < -0.4 is 10.1 Å². The fourth-order valence-corrected chi connectivity index (χ4v) is 1.97. The Kier molecular flexibility index (Phi) is 4.53. The summed E-state index contributed by atoms with van der Waals surface area (Å²) < 4.78 is 18.9. The maximum atomic E-state index is 13.1. The van der Waals surface area contributed by atoms with Crippen molar-refractivity contribution >= 4 is 0 Å². The first-order chi connectivity index (χ1) is 9.19. The molecule has 0 saturated heterocycles. The summed E-state index contributed by atoms with van der Waals surface area (Å²) in [7, 11) is 1.90. The summed E-state index contributed by atoms with van der Waals surface area (Å²) in [5.74, 6) is 0.602. The SMILES string of the molecule is CNCc1cc(C)ccc1OCc1cccc(F)c1. The Hall–Kier alpha value is -1.87. The highest BCUT2D eigenvalue weighted by Gasteiger charge is 2.04. The molecule has 0 fully saturated rings. The van der Waals surface area contributed by atoms with Crippen molar-refractivity contribution in [2.24, 2.45) is 0 Å². The van der Waals surface area contributed by atoms with Crippen molar-refractivity contribution in [1.29, 1.82) is 0 Å². The van der Waals surface area contributed by atoms with Crippen LogP contribution in [-0.2, 0) is 13.2 Å². The molecule has 0 bridgehead atoms. The quantitative estimate of drug-likeness (QED) is 0.888. The number of halogens is 1.